The number of aromatic nitrogens is 1. The maximum Gasteiger partial charge on any atom is 0.321 e. The van der Waals surface area contributed by atoms with Crippen LogP contribution in [0.1, 0.15) is 25.3 Å². The summed E-state index contributed by atoms with van der Waals surface area (Å²) in [7, 11) is -4.00. The lowest BCUT2D eigenvalue weighted by atomic mass is 10.2. The van der Waals surface area contributed by atoms with E-state index in [1.807, 2.05) is 0 Å². The number of nitrogens with zero attached hydrogens (tertiary/aromatic N) is 2. The third kappa shape index (κ3) is 4.01. The van der Waals surface area contributed by atoms with Crippen molar-refractivity contribution < 1.29 is 18.3 Å². The number of carboxylic acids is 1. The van der Waals surface area contributed by atoms with Crippen LogP contribution in [-0.4, -0.2) is 30.5 Å². The molecule has 0 saturated carbocycles. The van der Waals surface area contributed by atoms with Gasteiger partial charge in [0.1, 0.15) is 17.0 Å². The van der Waals surface area contributed by atoms with E-state index >= 15 is 0 Å². The molecule has 1 heterocycles. The standard InChI is InChI=1S/C11H13N3O4S/c1-2-3-10(11(15)16)14-19(17,18)9-4-8(5-12)6-13-7-9/h4,6-7,10,14H,2-3H2,1H3,(H,15,16). The first-order chi connectivity index (χ1) is 8.90. The van der Waals surface area contributed by atoms with E-state index < -0.39 is 22.0 Å². The van der Waals surface area contributed by atoms with Crippen LogP contribution in [0.25, 0.3) is 0 Å². The molecule has 0 amide bonds. The number of rotatable bonds is 6. The minimum atomic E-state index is -4.00. The Kier molecular flexibility index (Phi) is 4.97. The summed E-state index contributed by atoms with van der Waals surface area (Å²) in [6, 6.07) is 1.71. The maximum atomic E-state index is 12.0. The zero-order valence-corrected chi connectivity index (χ0v) is 11.0. The Hall–Kier alpha value is -1.98. The van der Waals surface area contributed by atoms with Gasteiger partial charge in [-0.2, -0.15) is 9.98 Å². The molecule has 0 aromatic carbocycles. The zero-order valence-electron chi connectivity index (χ0n) is 10.2. The van der Waals surface area contributed by atoms with E-state index in [1.165, 1.54) is 6.20 Å². The van der Waals surface area contributed by atoms with Gasteiger partial charge in [0.2, 0.25) is 10.0 Å². The van der Waals surface area contributed by atoms with Crippen molar-refractivity contribution in [2.24, 2.45) is 0 Å². The van der Waals surface area contributed by atoms with Crippen molar-refractivity contribution in [3.63, 3.8) is 0 Å². The molecule has 1 aromatic rings. The fourth-order valence-corrected chi connectivity index (χ4v) is 2.61. The average molecular weight is 283 g/mol. The van der Waals surface area contributed by atoms with Gasteiger partial charge in [-0.05, 0) is 12.5 Å². The van der Waals surface area contributed by atoms with Crippen molar-refractivity contribution >= 4 is 16.0 Å². The fraction of sp³-hybridized carbons (Fsp3) is 0.364. The normalized spacial score (nSPS) is 12.6. The highest BCUT2D eigenvalue weighted by atomic mass is 32.2. The molecule has 1 unspecified atom stereocenters. The molecule has 0 radical (unpaired) electrons. The van der Waals surface area contributed by atoms with Crippen molar-refractivity contribution in [1.29, 1.82) is 5.26 Å². The highest BCUT2D eigenvalue weighted by Gasteiger charge is 2.25. The summed E-state index contributed by atoms with van der Waals surface area (Å²) in [5.41, 5.74) is 0.0882. The maximum absolute atomic E-state index is 12.0. The van der Waals surface area contributed by atoms with Crippen LogP contribution >= 0.6 is 0 Å². The molecule has 8 heteroatoms. The average Bonchev–Trinajstić information content (AvgIpc) is 2.38. The highest BCUT2D eigenvalue weighted by Crippen LogP contribution is 2.11. The lowest BCUT2D eigenvalue weighted by molar-refractivity contribution is -0.139. The van der Waals surface area contributed by atoms with Gasteiger partial charge in [0.15, 0.2) is 0 Å². The van der Waals surface area contributed by atoms with Gasteiger partial charge in [-0.15, -0.1) is 0 Å². The highest BCUT2D eigenvalue weighted by molar-refractivity contribution is 7.89. The number of carboxylic acid groups (broad SMARTS) is 1. The van der Waals surface area contributed by atoms with Gasteiger partial charge in [-0.3, -0.25) is 9.78 Å². The molecule has 1 aromatic heterocycles. The van der Waals surface area contributed by atoms with Crippen LogP contribution in [0.2, 0.25) is 0 Å². The molecular formula is C11H13N3O4S. The minimum absolute atomic E-state index is 0.0882. The number of hydrogen-bond acceptors (Lipinski definition) is 5. The molecule has 1 rings (SSSR count). The van der Waals surface area contributed by atoms with Crippen molar-refractivity contribution in [2.45, 2.75) is 30.7 Å². The molecule has 7 nitrogen and oxygen atoms in total. The van der Waals surface area contributed by atoms with Crippen molar-refractivity contribution in [3.05, 3.63) is 24.0 Å². The van der Waals surface area contributed by atoms with Crippen LogP contribution in [0.15, 0.2) is 23.4 Å². The molecule has 0 aliphatic heterocycles. The minimum Gasteiger partial charge on any atom is -0.480 e. The second kappa shape index (κ2) is 6.26. The molecule has 0 spiro atoms. The summed E-state index contributed by atoms with van der Waals surface area (Å²) in [6.07, 6.45) is 2.99. The lowest BCUT2D eigenvalue weighted by Gasteiger charge is -2.13. The molecule has 0 saturated heterocycles. The molecule has 0 fully saturated rings. The van der Waals surface area contributed by atoms with Gasteiger partial charge in [-0.25, -0.2) is 8.42 Å². The first-order valence-electron chi connectivity index (χ1n) is 5.51. The number of hydrogen-bond donors (Lipinski definition) is 2. The van der Waals surface area contributed by atoms with E-state index in [0.717, 1.165) is 12.3 Å². The van der Waals surface area contributed by atoms with E-state index in [-0.39, 0.29) is 16.9 Å². The predicted octanol–water partition coefficient (Wildman–Crippen LogP) is 0.485. The summed E-state index contributed by atoms with van der Waals surface area (Å²) in [4.78, 5) is 14.3. The van der Waals surface area contributed by atoms with Gasteiger partial charge in [0, 0.05) is 12.4 Å². The van der Waals surface area contributed by atoms with Gasteiger partial charge >= 0.3 is 5.97 Å². The first kappa shape index (κ1) is 15.1. The van der Waals surface area contributed by atoms with E-state index in [2.05, 4.69) is 9.71 Å². The quantitative estimate of drug-likeness (QED) is 0.783. The number of nitrogens with one attached hydrogen (secondary N) is 1. The van der Waals surface area contributed by atoms with Crippen LogP contribution in [0.3, 0.4) is 0 Å². The topological polar surface area (TPSA) is 120 Å². The summed E-state index contributed by atoms with van der Waals surface area (Å²) in [5, 5.41) is 17.6. The predicted molar refractivity (Wildman–Crippen MR) is 65.6 cm³/mol. The Morgan fingerprint density at radius 3 is 2.79 bits per heavy atom. The Labute approximate surface area is 110 Å². The third-order valence-corrected chi connectivity index (χ3v) is 3.76. The van der Waals surface area contributed by atoms with E-state index in [0.29, 0.717) is 6.42 Å². The largest absolute Gasteiger partial charge is 0.480 e. The monoisotopic (exact) mass is 283 g/mol. The Morgan fingerprint density at radius 1 is 1.58 bits per heavy atom. The second-order valence-corrected chi connectivity index (χ2v) is 5.54. The van der Waals surface area contributed by atoms with Crippen molar-refractivity contribution in [2.75, 3.05) is 0 Å². The molecule has 19 heavy (non-hydrogen) atoms. The van der Waals surface area contributed by atoms with E-state index in [1.54, 1.807) is 13.0 Å². The summed E-state index contributed by atoms with van der Waals surface area (Å²) < 4.78 is 26.0. The number of sulfonamides is 1. The number of pyridine rings is 1. The SMILES string of the molecule is CCCC(NS(=O)(=O)c1cncc(C#N)c1)C(=O)O. The van der Waals surface area contributed by atoms with Crippen LogP contribution in [-0.2, 0) is 14.8 Å². The van der Waals surface area contributed by atoms with Gasteiger partial charge in [0.25, 0.3) is 0 Å². The molecule has 1 atom stereocenters. The molecule has 0 aliphatic carbocycles. The summed E-state index contributed by atoms with van der Waals surface area (Å²) in [5.74, 6) is -1.24. The number of aliphatic carboxylic acids is 1. The fourth-order valence-electron chi connectivity index (χ4n) is 1.40. The first-order valence-corrected chi connectivity index (χ1v) is 6.99. The molecule has 0 bridgehead atoms. The molecule has 102 valence electrons. The third-order valence-electron chi connectivity index (χ3n) is 2.33. The second-order valence-electron chi connectivity index (χ2n) is 3.82. The van der Waals surface area contributed by atoms with Gasteiger partial charge < -0.3 is 5.11 Å². The van der Waals surface area contributed by atoms with Crippen LogP contribution in [0, 0.1) is 11.3 Å². The van der Waals surface area contributed by atoms with E-state index in [4.69, 9.17) is 10.4 Å². The Balaban J connectivity index is 3.03. The van der Waals surface area contributed by atoms with E-state index in [9.17, 15) is 13.2 Å². The number of carbonyl (C=O) groups is 1. The molecular weight excluding hydrogens is 270 g/mol. The summed E-state index contributed by atoms with van der Waals surface area (Å²) in [6.45, 7) is 1.75. The molecule has 2 N–H and O–H groups in total. The van der Waals surface area contributed by atoms with Gasteiger partial charge in [-0.1, -0.05) is 13.3 Å². The van der Waals surface area contributed by atoms with Crippen LogP contribution in [0.4, 0.5) is 0 Å². The van der Waals surface area contributed by atoms with Crippen LogP contribution < -0.4 is 4.72 Å². The Morgan fingerprint density at radius 2 is 2.26 bits per heavy atom. The zero-order chi connectivity index (χ0) is 14.5. The Bertz CT molecular complexity index is 607. The van der Waals surface area contributed by atoms with Crippen molar-refractivity contribution in [3.8, 4) is 6.07 Å². The smallest absolute Gasteiger partial charge is 0.321 e. The van der Waals surface area contributed by atoms with Crippen molar-refractivity contribution in [1.82, 2.24) is 9.71 Å². The van der Waals surface area contributed by atoms with Crippen LogP contribution in [0.5, 0.6) is 0 Å². The molecule has 0 aliphatic rings. The van der Waals surface area contributed by atoms with Gasteiger partial charge in [0.05, 0.1) is 5.56 Å². The number of nitriles is 1. The lowest BCUT2D eigenvalue weighted by Crippen LogP contribution is -2.40. The summed E-state index contributed by atoms with van der Waals surface area (Å²) >= 11 is 0.